The quantitative estimate of drug-likeness (QED) is 0.791. The highest BCUT2D eigenvalue weighted by Crippen LogP contribution is 2.23. The lowest BCUT2D eigenvalue weighted by Crippen LogP contribution is -1.97. The van der Waals surface area contributed by atoms with Crippen LogP contribution in [0.25, 0.3) is 0 Å². The molecular weight excluding hydrogens is 208 g/mol. The van der Waals surface area contributed by atoms with Gasteiger partial charge in [0.25, 0.3) is 0 Å². The van der Waals surface area contributed by atoms with Crippen LogP contribution in [0.3, 0.4) is 0 Å². The van der Waals surface area contributed by atoms with Gasteiger partial charge in [-0.2, -0.15) is 5.10 Å². The summed E-state index contributed by atoms with van der Waals surface area (Å²) in [6.07, 6.45) is 3.87. The molecule has 0 fully saturated rings. The Labute approximate surface area is 91.9 Å². The highest BCUT2D eigenvalue weighted by Gasteiger charge is 2.01. The topological polar surface area (TPSA) is 64.3 Å². The first-order valence-corrected chi connectivity index (χ1v) is 4.71. The van der Waals surface area contributed by atoms with E-state index in [1.54, 1.807) is 24.4 Å². The molecule has 0 saturated carbocycles. The first kappa shape index (κ1) is 10.2. The third-order valence-corrected chi connectivity index (χ3v) is 1.92. The van der Waals surface area contributed by atoms with E-state index in [9.17, 15) is 9.90 Å². The van der Waals surface area contributed by atoms with E-state index >= 15 is 0 Å². The Morgan fingerprint density at radius 1 is 1.44 bits per heavy atom. The van der Waals surface area contributed by atoms with Crippen LogP contribution in [-0.4, -0.2) is 21.2 Å². The van der Waals surface area contributed by atoms with Crippen LogP contribution < -0.4 is 4.74 Å². The van der Waals surface area contributed by atoms with Gasteiger partial charge in [0.05, 0.1) is 18.9 Å². The molecule has 1 N–H and O–H groups in total. The zero-order valence-corrected chi connectivity index (χ0v) is 8.41. The fourth-order valence-electron chi connectivity index (χ4n) is 1.26. The maximum absolute atomic E-state index is 10.3. The summed E-state index contributed by atoms with van der Waals surface area (Å²) >= 11 is 0. The lowest BCUT2D eigenvalue weighted by Gasteiger charge is -2.02. The molecule has 2 rings (SSSR count). The molecule has 0 aliphatic heterocycles. The van der Waals surface area contributed by atoms with Crippen LogP contribution in [0.2, 0.25) is 0 Å². The Kier molecular flexibility index (Phi) is 2.86. The van der Waals surface area contributed by atoms with E-state index in [4.69, 9.17) is 4.74 Å². The largest absolute Gasteiger partial charge is 0.508 e. The second-order valence-electron chi connectivity index (χ2n) is 3.16. The van der Waals surface area contributed by atoms with Gasteiger partial charge in [-0.25, -0.2) is 0 Å². The van der Waals surface area contributed by atoms with Crippen molar-refractivity contribution in [3.63, 3.8) is 0 Å². The average molecular weight is 218 g/mol. The number of ether oxygens (including phenoxy) is 1. The zero-order chi connectivity index (χ0) is 11.4. The molecule has 16 heavy (non-hydrogen) atoms. The number of hydrogen-bond acceptors (Lipinski definition) is 4. The minimum absolute atomic E-state index is 0.137. The maximum Gasteiger partial charge on any atom is 0.165 e. The van der Waals surface area contributed by atoms with Crippen molar-refractivity contribution in [2.75, 3.05) is 0 Å². The fraction of sp³-hybridized carbons (Fsp3) is 0.0909. The lowest BCUT2D eigenvalue weighted by molar-refractivity contribution is -0.108. The first-order chi connectivity index (χ1) is 7.78. The van der Waals surface area contributed by atoms with E-state index in [1.165, 1.54) is 16.9 Å². The van der Waals surface area contributed by atoms with E-state index < -0.39 is 0 Å². The molecule has 0 saturated heterocycles. The zero-order valence-electron chi connectivity index (χ0n) is 8.41. The molecule has 0 bridgehead atoms. The SMILES string of the molecule is O=CCn1cc(Oc2cccc(O)c2)cn1. The molecule has 0 aliphatic carbocycles. The van der Waals surface area contributed by atoms with Crippen LogP contribution in [0.15, 0.2) is 36.7 Å². The molecule has 0 amide bonds. The predicted octanol–water partition coefficient (Wildman–Crippen LogP) is 1.58. The normalized spacial score (nSPS) is 10.0. The van der Waals surface area contributed by atoms with Gasteiger partial charge in [-0.1, -0.05) is 6.07 Å². The molecule has 5 heteroatoms. The second-order valence-corrected chi connectivity index (χ2v) is 3.16. The number of carbonyl (C=O) groups excluding carboxylic acids is 1. The van der Waals surface area contributed by atoms with Crippen LogP contribution >= 0.6 is 0 Å². The van der Waals surface area contributed by atoms with Gasteiger partial charge < -0.3 is 14.6 Å². The second kappa shape index (κ2) is 4.48. The molecule has 82 valence electrons. The standard InChI is InChI=1S/C11H10N2O3/c14-5-4-13-8-11(7-12-13)16-10-3-1-2-9(15)6-10/h1-3,5-8,15H,4H2. The van der Waals surface area contributed by atoms with E-state index in [2.05, 4.69) is 5.10 Å². The molecular formula is C11H10N2O3. The molecule has 1 heterocycles. The van der Waals surface area contributed by atoms with Gasteiger partial charge in [0, 0.05) is 6.07 Å². The van der Waals surface area contributed by atoms with Gasteiger partial charge >= 0.3 is 0 Å². The third-order valence-electron chi connectivity index (χ3n) is 1.92. The van der Waals surface area contributed by atoms with Gasteiger partial charge in [0.1, 0.15) is 17.8 Å². The van der Waals surface area contributed by atoms with Crippen molar-refractivity contribution < 1.29 is 14.6 Å². The highest BCUT2D eigenvalue weighted by molar-refractivity contribution is 5.49. The number of aromatic nitrogens is 2. The summed E-state index contributed by atoms with van der Waals surface area (Å²) in [5, 5.41) is 13.2. The van der Waals surface area contributed by atoms with Gasteiger partial charge in [-0.05, 0) is 12.1 Å². The number of benzene rings is 1. The summed E-state index contributed by atoms with van der Waals surface area (Å²) in [6, 6.07) is 6.46. The van der Waals surface area contributed by atoms with Crippen molar-refractivity contribution in [3.05, 3.63) is 36.7 Å². The fourth-order valence-corrected chi connectivity index (χ4v) is 1.26. The summed E-state index contributed by atoms with van der Waals surface area (Å²) in [4.78, 5) is 10.3. The lowest BCUT2D eigenvalue weighted by atomic mass is 10.3. The monoisotopic (exact) mass is 218 g/mol. The van der Waals surface area contributed by atoms with Gasteiger partial charge in [-0.3, -0.25) is 4.68 Å². The average Bonchev–Trinajstić information content (AvgIpc) is 2.66. The summed E-state index contributed by atoms with van der Waals surface area (Å²) in [5.41, 5.74) is 0. The predicted molar refractivity (Wildman–Crippen MR) is 56.5 cm³/mol. The number of hydrogen-bond donors (Lipinski definition) is 1. The summed E-state index contributed by atoms with van der Waals surface area (Å²) in [6.45, 7) is 0.198. The highest BCUT2D eigenvalue weighted by atomic mass is 16.5. The maximum atomic E-state index is 10.3. The summed E-state index contributed by atoms with van der Waals surface area (Å²) in [7, 11) is 0. The molecule has 0 radical (unpaired) electrons. The summed E-state index contributed by atoms with van der Waals surface area (Å²) in [5.74, 6) is 1.18. The number of rotatable bonds is 4. The van der Waals surface area contributed by atoms with Crippen LogP contribution in [0.1, 0.15) is 0 Å². The van der Waals surface area contributed by atoms with E-state index in [0.717, 1.165) is 6.29 Å². The molecule has 0 unspecified atom stereocenters. The molecule has 5 nitrogen and oxygen atoms in total. The van der Waals surface area contributed by atoms with Crippen LogP contribution in [0.5, 0.6) is 17.2 Å². The van der Waals surface area contributed by atoms with Gasteiger partial charge in [0.15, 0.2) is 5.75 Å². The van der Waals surface area contributed by atoms with Crippen molar-refractivity contribution in [1.82, 2.24) is 9.78 Å². The minimum Gasteiger partial charge on any atom is -0.508 e. The minimum atomic E-state index is 0.137. The smallest absolute Gasteiger partial charge is 0.165 e. The number of carbonyl (C=O) groups is 1. The van der Waals surface area contributed by atoms with Crippen molar-refractivity contribution in [2.45, 2.75) is 6.54 Å². The van der Waals surface area contributed by atoms with Gasteiger partial charge in [-0.15, -0.1) is 0 Å². The van der Waals surface area contributed by atoms with Crippen molar-refractivity contribution in [2.24, 2.45) is 0 Å². The van der Waals surface area contributed by atoms with Crippen LogP contribution in [0, 0.1) is 0 Å². The Morgan fingerprint density at radius 3 is 3.06 bits per heavy atom. The van der Waals surface area contributed by atoms with E-state index in [0.29, 0.717) is 11.5 Å². The Bertz CT molecular complexity index is 493. The van der Waals surface area contributed by atoms with Crippen LogP contribution in [-0.2, 0) is 11.3 Å². The molecule has 2 aromatic rings. The van der Waals surface area contributed by atoms with E-state index in [-0.39, 0.29) is 12.3 Å². The number of aldehydes is 1. The molecule has 0 aliphatic rings. The first-order valence-electron chi connectivity index (χ1n) is 4.71. The molecule has 1 aromatic heterocycles. The number of aromatic hydroxyl groups is 1. The summed E-state index contributed by atoms with van der Waals surface area (Å²) < 4.78 is 6.89. The molecule has 1 aromatic carbocycles. The van der Waals surface area contributed by atoms with E-state index in [1.807, 2.05) is 0 Å². The van der Waals surface area contributed by atoms with Crippen molar-refractivity contribution in [1.29, 1.82) is 0 Å². The van der Waals surface area contributed by atoms with Crippen LogP contribution in [0.4, 0.5) is 0 Å². The van der Waals surface area contributed by atoms with Crippen molar-refractivity contribution in [3.8, 4) is 17.2 Å². The Balaban J connectivity index is 2.11. The van der Waals surface area contributed by atoms with Crippen molar-refractivity contribution >= 4 is 6.29 Å². The number of nitrogens with zero attached hydrogens (tertiary/aromatic N) is 2. The molecule has 0 atom stereocenters. The van der Waals surface area contributed by atoms with Gasteiger partial charge in [0.2, 0.25) is 0 Å². The third kappa shape index (κ3) is 2.38. The Morgan fingerprint density at radius 2 is 2.31 bits per heavy atom. The number of phenols is 1. The Hall–Kier alpha value is -2.30. The molecule has 0 spiro atoms. The number of phenolic OH excluding ortho intramolecular Hbond substituents is 1.